The molecule has 1 saturated heterocycles. The van der Waals surface area contributed by atoms with E-state index in [-0.39, 0.29) is 5.54 Å². The van der Waals surface area contributed by atoms with Crippen LogP contribution in [0.5, 0.6) is 0 Å². The van der Waals surface area contributed by atoms with E-state index >= 15 is 0 Å². The molecule has 0 radical (unpaired) electrons. The Labute approximate surface area is 79.1 Å². The van der Waals surface area contributed by atoms with E-state index in [1.807, 2.05) is 6.07 Å². The summed E-state index contributed by atoms with van der Waals surface area (Å²) in [6.45, 7) is 1.94. The van der Waals surface area contributed by atoms with E-state index in [0.717, 1.165) is 25.9 Å². The van der Waals surface area contributed by atoms with Crippen LogP contribution < -0.4 is 11.1 Å². The highest BCUT2D eigenvalue weighted by molar-refractivity contribution is 5.15. The Bertz CT molecular complexity index is 265. The van der Waals surface area contributed by atoms with Crippen molar-refractivity contribution >= 4 is 0 Å². The second-order valence-corrected chi connectivity index (χ2v) is 3.95. The minimum atomic E-state index is 0.0653. The summed E-state index contributed by atoms with van der Waals surface area (Å²) in [6, 6.07) is 10.5. The zero-order valence-corrected chi connectivity index (χ0v) is 7.79. The molecule has 1 aromatic carbocycles. The van der Waals surface area contributed by atoms with Crippen molar-refractivity contribution in [2.24, 2.45) is 5.73 Å². The van der Waals surface area contributed by atoms with Gasteiger partial charge in [-0.3, -0.25) is 0 Å². The standard InChI is InChI=1S/C11H16N2/c12-11(8-13-9-11)7-6-10-4-2-1-3-5-10/h1-5,13H,6-9,12H2. The largest absolute Gasteiger partial charge is 0.323 e. The molecule has 0 atom stereocenters. The Morgan fingerprint density at radius 2 is 1.92 bits per heavy atom. The number of nitrogens with two attached hydrogens (primary N) is 1. The fourth-order valence-electron chi connectivity index (χ4n) is 1.66. The predicted molar refractivity (Wildman–Crippen MR) is 54.6 cm³/mol. The van der Waals surface area contributed by atoms with Crippen LogP contribution in [0, 0.1) is 0 Å². The molecule has 1 aliphatic heterocycles. The topological polar surface area (TPSA) is 38.0 Å². The van der Waals surface area contributed by atoms with Crippen LogP contribution in [0.25, 0.3) is 0 Å². The molecule has 1 fully saturated rings. The molecular weight excluding hydrogens is 160 g/mol. The maximum Gasteiger partial charge on any atom is 0.0410 e. The maximum absolute atomic E-state index is 6.09. The highest BCUT2D eigenvalue weighted by Gasteiger charge is 2.31. The van der Waals surface area contributed by atoms with Gasteiger partial charge in [-0.25, -0.2) is 0 Å². The Morgan fingerprint density at radius 3 is 2.46 bits per heavy atom. The average molecular weight is 176 g/mol. The van der Waals surface area contributed by atoms with E-state index in [0.29, 0.717) is 0 Å². The monoisotopic (exact) mass is 176 g/mol. The minimum Gasteiger partial charge on any atom is -0.323 e. The van der Waals surface area contributed by atoms with Gasteiger partial charge in [0.15, 0.2) is 0 Å². The molecule has 0 amide bonds. The van der Waals surface area contributed by atoms with Crippen LogP contribution >= 0.6 is 0 Å². The lowest BCUT2D eigenvalue weighted by atomic mass is 9.87. The van der Waals surface area contributed by atoms with E-state index in [2.05, 4.69) is 29.6 Å². The molecular formula is C11H16N2. The predicted octanol–water partition coefficient (Wildman–Crippen LogP) is 0.920. The zero-order valence-electron chi connectivity index (χ0n) is 7.79. The number of nitrogens with one attached hydrogen (secondary N) is 1. The third kappa shape index (κ3) is 2.08. The van der Waals surface area contributed by atoms with E-state index in [1.54, 1.807) is 0 Å². The summed E-state index contributed by atoms with van der Waals surface area (Å²) in [5, 5.41) is 3.21. The van der Waals surface area contributed by atoms with Gasteiger partial charge >= 0.3 is 0 Å². The fourth-order valence-corrected chi connectivity index (χ4v) is 1.66. The van der Waals surface area contributed by atoms with Crippen molar-refractivity contribution in [3.05, 3.63) is 35.9 Å². The number of benzene rings is 1. The fraction of sp³-hybridized carbons (Fsp3) is 0.455. The van der Waals surface area contributed by atoms with Gasteiger partial charge in [-0.1, -0.05) is 30.3 Å². The van der Waals surface area contributed by atoms with E-state index in [4.69, 9.17) is 5.73 Å². The number of aryl methyl sites for hydroxylation is 1. The van der Waals surface area contributed by atoms with Crippen LogP contribution in [0.1, 0.15) is 12.0 Å². The van der Waals surface area contributed by atoms with Gasteiger partial charge in [0.2, 0.25) is 0 Å². The molecule has 1 aromatic rings. The summed E-state index contributed by atoms with van der Waals surface area (Å²) in [6.07, 6.45) is 2.18. The van der Waals surface area contributed by atoms with Gasteiger partial charge in [-0.2, -0.15) is 0 Å². The van der Waals surface area contributed by atoms with Crippen LogP contribution in [-0.4, -0.2) is 18.6 Å². The minimum absolute atomic E-state index is 0.0653. The van der Waals surface area contributed by atoms with Crippen molar-refractivity contribution < 1.29 is 0 Å². The van der Waals surface area contributed by atoms with Crippen LogP contribution in [0.4, 0.5) is 0 Å². The van der Waals surface area contributed by atoms with Gasteiger partial charge in [0, 0.05) is 18.6 Å². The molecule has 0 spiro atoms. The molecule has 0 aromatic heterocycles. The smallest absolute Gasteiger partial charge is 0.0410 e. The molecule has 0 aliphatic carbocycles. The molecule has 2 rings (SSSR count). The lowest BCUT2D eigenvalue weighted by Gasteiger charge is -2.39. The van der Waals surface area contributed by atoms with E-state index in [1.165, 1.54) is 5.56 Å². The molecule has 13 heavy (non-hydrogen) atoms. The zero-order chi connectivity index (χ0) is 9.15. The lowest BCUT2D eigenvalue weighted by molar-refractivity contribution is 0.263. The molecule has 1 aliphatic rings. The van der Waals surface area contributed by atoms with E-state index < -0.39 is 0 Å². The summed E-state index contributed by atoms with van der Waals surface area (Å²) < 4.78 is 0. The Hall–Kier alpha value is -0.860. The van der Waals surface area contributed by atoms with Crippen molar-refractivity contribution in [1.29, 1.82) is 0 Å². The molecule has 0 bridgehead atoms. The number of rotatable bonds is 3. The quantitative estimate of drug-likeness (QED) is 0.718. The number of hydrogen-bond donors (Lipinski definition) is 2. The first-order valence-electron chi connectivity index (χ1n) is 4.82. The van der Waals surface area contributed by atoms with Crippen molar-refractivity contribution in [1.82, 2.24) is 5.32 Å². The van der Waals surface area contributed by atoms with E-state index in [9.17, 15) is 0 Å². The van der Waals surface area contributed by atoms with Crippen LogP contribution in [-0.2, 0) is 6.42 Å². The highest BCUT2D eigenvalue weighted by Crippen LogP contribution is 2.15. The van der Waals surface area contributed by atoms with Gasteiger partial charge in [0.1, 0.15) is 0 Å². The average Bonchev–Trinajstić information content (AvgIpc) is 2.13. The molecule has 1 heterocycles. The second kappa shape index (κ2) is 3.48. The maximum atomic E-state index is 6.09. The van der Waals surface area contributed by atoms with Gasteiger partial charge in [-0.05, 0) is 18.4 Å². The highest BCUT2D eigenvalue weighted by atomic mass is 15.1. The molecule has 0 unspecified atom stereocenters. The molecule has 0 saturated carbocycles. The Morgan fingerprint density at radius 1 is 1.23 bits per heavy atom. The number of hydrogen-bond acceptors (Lipinski definition) is 2. The van der Waals surface area contributed by atoms with Gasteiger partial charge in [0.05, 0.1) is 0 Å². The summed E-state index contributed by atoms with van der Waals surface area (Å²) >= 11 is 0. The second-order valence-electron chi connectivity index (χ2n) is 3.95. The summed E-state index contributed by atoms with van der Waals surface area (Å²) in [5.74, 6) is 0. The lowest BCUT2D eigenvalue weighted by Crippen LogP contribution is -2.65. The Kier molecular flexibility index (Phi) is 2.34. The summed E-state index contributed by atoms with van der Waals surface area (Å²) in [5.41, 5.74) is 7.54. The molecule has 2 heteroatoms. The van der Waals surface area contributed by atoms with Crippen molar-refractivity contribution in [2.75, 3.05) is 13.1 Å². The molecule has 2 nitrogen and oxygen atoms in total. The first-order valence-corrected chi connectivity index (χ1v) is 4.82. The van der Waals surface area contributed by atoms with Crippen molar-refractivity contribution in [3.63, 3.8) is 0 Å². The van der Waals surface area contributed by atoms with Gasteiger partial charge in [0.25, 0.3) is 0 Å². The van der Waals surface area contributed by atoms with Crippen LogP contribution in [0.2, 0.25) is 0 Å². The van der Waals surface area contributed by atoms with Crippen molar-refractivity contribution in [3.8, 4) is 0 Å². The van der Waals surface area contributed by atoms with Crippen LogP contribution in [0.15, 0.2) is 30.3 Å². The van der Waals surface area contributed by atoms with Gasteiger partial charge in [-0.15, -0.1) is 0 Å². The third-order valence-corrected chi connectivity index (χ3v) is 2.71. The van der Waals surface area contributed by atoms with Gasteiger partial charge < -0.3 is 11.1 Å². The molecule has 70 valence electrons. The van der Waals surface area contributed by atoms with Crippen molar-refractivity contribution in [2.45, 2.75) is 18.4 Å². The first kappa shape index (κ1) is 8.73. The summed E-state index contributed by atoms with van der Waals surface area (Å²) in [4.78, 5) is 0. The molecule has 3 N–H and O–H groups in total. The van der Waals surface area contributed by atoms with Crippen LogP contribution in [0.3, 0.4) is 0 Å². The SMILES string of the molecule is NC1(CCc2ccccc2)CNC1. The normalized spacial score (nSPS) is 19.5. The Balaban J connectivity index is 1.86. The summed E-state index contributed by atoms with van der Waals surface area (Å²) in [7, 11) is 0. The first-order chi connectivity index (χ1) is 6.29. The third-order valence-electron chi connectivity index (χ3n) is 2.71.